The number of carboxylic acids is 1. The molecule has 0 aromatic heterocycles. The molecule has 76 valence electrons. The lowest BCUT2D eigenvalue weighted by atomic mass is 9.94. The molecule has 0 radical (unpaired) electrons. The minimum atomic E-state index is -0.838. The first-order valence-electron chi connectivity index (χ1n) is 4.33. The second kappa shape index (κ2) is 5.02. The summed E-state index contributed by atoms with van der Waals surface area (Å²) in [5, 5.41) is 8.48. The lowest BCUT2D eigenvalue weighted by Gasteiger charge is -2.11. The van der Waals surface area contributed by atoms with Crippen LogP contribution in [0.15, 0.2) is 11.6 Å². The summed E-state index contributed by atoms with van der Waals surface area (Å²) in [5.41, 5.74) is 0.371. The molecule has 1 N–H and O–H groups in total. The van der Waals surface area contributed by atoms with Crippen LogP contribution in [-0.2, 0) is 9.53 Å². The van der Waals surface area contributed by atoms with Gasteiger partial charge in [-0.05, 0) is 12.3 Å². The van der Waals surface area contributed by atoms with Gasteiger partial charge in [0.15, 0.2) is 0 Å². The number of aliphatic carboxylic acids is 1. The van der Waals surface area contributed by atoms with Gasteiger partial charge in [-0.15, -0.1) is 0 Å². The number of carbonyl (C=O) groups is 1. The number of ether oxygens (including phenoxy) is 1. The minimum Gasteiger partial charge on any atom is -0.478 e. The van der Waals surface area contributed by atoms with Gasteiger partial charge in [-0.3, -0.25) is 0 Å². The summed E-state index contributed by atoms with van der Waals surface area (Å²) in [6.45, 7) is 9.52. The quantitative estimate of drug-likeness (QED) is 0.504. The molecule has 1 fully saturated rings. The van der Waals surface area contributed by atoms with Crippen LogP contribution in [0.5, 0.6) is 0 Å². The van der Waals surface area contributed by atoms with Crippen LogP contribution >= 0.6 is 0 Å². The highest BCUT2D eigenvalue weighted by Gasteiger charge is 2.09. The summed E-state index contributed by atoms with van der Waals surface area (Å²) in [6, 6.07) is 0. The highest BCUT2D eigenvalue weighted by molar-refractivity contribution is 5.85. The summed E-state index contributed by atoms with van der Waals surface area (Å²) in [6.07, 6.45) is 1.75. The van der Waals surface area contributed by atoms with Gasteiger partial charge in [0.25, 0.3) is 0 Å². The Balaban J connectivity index is 0.000000396. The molecule has 0 amide bonds. The maximum atomic E-state index is 10.3. The van der Waals surface area contributed by atoms with Gasteiger partial charge in [0.1, 0.15) is 0 Å². The van der Waals surface area contributed by atoms with E-state index in [0.29, 0.717) is 5.57 Å². The zero-order valence-electron chi connectivity index (χ0n) is 8.76. The topological polar surface area (TPSA) is 49.8 Å². The first-order valence-corrected chi connectivity index (χ1v) is 4.33. The lowest BCUT2D eigenvalue weighted by Crippen LogP contribution is -2.05. The van der Waals surface area contributed by atoms with Gasteiger partial charge < -0.3 is 9.84 Å². The van der Waals surface area contributed by atoms with Gasteiger partial charge in [0.2, 0.25) is 0 Å². The molecule has 1 saturated heterocycles. The fourth-order valence-electron chi connectivity index (χ4n) is 0.711. The molecule has 0 spiro atoms. The van der Waals surface area contributed by atoms with Crippen molar-refractivity contribution in [3.05, 3.63) is 11.6 Å². The van der Waals surface area contributed by atoms with E-state index in [2.05, 4.69) is 4.74 Å². The minimum absolute atomic E-state index is 0.0392. The molecule has 0 atom stereocenters. The normalized spacial score (nSPS) is 15.8. The zero-order valence-corrected chi connectivity index (χ0v) is 8.76. The highest BCUT2D eigenvalue weighted by Crippen LogP contribution is 2.17. The Hall–Kier alpha value is -0.830. The Bertz CT molecular complexity index is 194. The van der Waals surface area contributed by atoms with E-state index in [1.807, 2.05) is 20.8 Å². The maximum Gasteiger partial charge on any atom is 0.330 e. The van der Waals surface area contributed by atoms with Gasteiger partial charge in [0, 0.05) is 5.57 Å². The van der Waals surface area contributed by atoms with E-state index >= 15 is 0 Å². The van der Waals surface area contributed by atoms with Crippen molar-refractivity contribution in [1.29, 1.82) is 0 Å². The summed E-state index contributed by atoms with van der Waals surface area (Å²) in [7, 11) is 0. The fraction of sp³-hybridized carbons (Fsp3) is 0.700. The van der Waals surface area contributed by atoms with Crippen molar-refractivity contribution in [2.75, 3.05) is 13.2 Å². The van der Waals surface area contributed by atoms with Crippen molar-refractivity contribution < 1.29 is 14.6 Å². The third-order valence-corrected chi connectivity index (χ3v) is 1.19. The van der Waals surface area contributed by atoms with E-state index < -0.39 is 5.97 Å². The molecule has 3 nitrogen and oxygen atoms in total. The largest absolute Gasteiger partial charge is 0.478 e. The number of hydrogen-bond acceptors (Lipinski definition) is 2. The van der Waals surface area contributed by atoms with Gasteiger partial charge >= 0.3 is 5.97 Å². The van der Waals surface area contributed by atoms with Crippen LogP contribution < -0.4 is 0 Å². The van der Waals surface area contributed by atoms with E-state index in [9.17, 15) is 4.79 Å². The molecular formula is C10H18O3. The molecule has 0 saturated carbocycles. The van der Waals surface area contributed by atoms with Crippen LogP contribution in [0.25, 0.3) is 0 Å². The zero-order chi connectivity index (χ0) is 10.5. The number of allylic oxidation sites excluding steroid dienone is 1. The molecule has 0 aromatic carbocycles. The van der Waals surface area contributed by atoms with Crippen molar-refractivity contribution in [2.24, 2.45) is 5.41 Å². The maximum absolute atomic E-state index is 10.3. The van der Waals surface area contributed by atoms with Gasteiger partial charge in [0.05, 0.1) is 13.2 Å². The van der Waals surface area contributed by atoms with E-state index in [0.717, 1.165) is 13.2 Å². The number of hydrogen-bond donors (Lipinski definition) is 1. The van der Waals surface area contributed by atoms with Crippen molar-refractivity contribution in [3.8, 4) is 0 Å². The first kappa shape index (κ1) is 12.2. The third kappa shape index (κ3) is 11.2. The third-order valence-electron chi connectivity index (χ3n) is 1.19. The molecule has 0 aliphatic carbocycles. The van der Waals surface area contributed by atoms with Crippen LogP contribution in [0, 0.1) is 5.41 Å². The second-order valence-corrected chi connectivity index (χ2v) is 4.11. The lowest BCUT2D eigenvalue weighted by molar-refractivity contribution is -0.132. The average molecular weight is 186 g/mol. The monoisotopic (exact) mass is 186 g/mol. The molecule has 0 bridgehead atoms. The van der Waals surface area contributed by atoms with Gasteiger partial charge in [-0.25, -0.2) is 4.79 Å². The fourth-order valence-corrected chi connectivity index (χ4v) is 0.711. The van der Waals surface area contributed by atoms with E-state index in [-0.39, 0.29) is 5.41 Å². The smallest absolute Gasteiger partial charge is 0.330 e. The molecule has 1 rings (SSSR count). The van der Waals surface area contributed by atoms with Crippen molar-refractivity contribution >= 4 is 5.97 Å². The molecule has 3 heteroatoms. The Morgan fingerprint density at radius 2 is 1.77 bits per heavy atom. The number of rotatable bonds is 1. The predicted octanol–water partition coefficient (Wildman–Crippen LogP) is 2.08. The average Bonchev–Trinajstić information content (AvgIpc) is 2.66. The van der Waals surface area contributed by atoms with E-state index in [4.69, 9.17) is 5.11 Å². The van der Waals surface area contributed by atoms with Crippen LogP contribution in [0.3, 0.4) is 0 Å². The van der Waals surface area contributed by atoms with Crippen LogP contribution in [0.1, 0.15) is 27.7 Å². The van der Waals surface area contributed by atoms with Crippen LogP contribution in [0.2, 0.25) is 0 Å². The summed E-state index contributed by atoms with van der Waals surface area (Å²) >= 11 is 0. The van der Waals surface area contributed by atoms with Gasteiger partial charge in [-0.1, -0.05) is 26.8 Å². The molecule has 0 unspecified atom stereocenters. The molecule has 1 aliphatic heterocycles. The number of epoxide rings is 1. The first-order chi connectivity index (χ1) is 5.83. The van der Waals surface area contributed by atoms with E-state index in [1.165, 1.54) is 0 Å². The van der Waals surface area contributed by atoms with Crippen LogP contribution in [0.4, 0.5) is 0 Å². The Morgan fingerprint density at radius 3 is 1.85 bits per heavy atom. The second-order valence-electron chi connectivity index (χ2n) is 4.11. The Kier molecular flexibility index (Phi) is 4.70. The van der Waals surface area contributed by atoms with Crippen LogP contribution in [-0.4, -0.2) is 24.3 Å². The molecule has 1 aliphatic rings. The number of carboxylic acid groups (broad SMARTS) is 1. The van der Waals surface area contributed by atoms with Crippen molar-refractivity contribution in [2.45, 2.75) is 27.7 Å². The van der Waals surface area contributed by atoms with Crippen molar-refractivity contribution in [1.82, 2.24) is 0 Å². The molecule has 0 aromatic rings. The SMILES string of the molecule is C1CO1.CC(=CC(C)(C)C)C(=O)O. The standard InChI is InChI=1S/C8H14O2.C2H4O/c1-6(7(9)10)5-8(2,3)4;1-2-3-1/h5H,1-4H3,(H,9,10);1-2H2. The Morgan fingerprint density at radius 1 is 1.38 bits per heavy atom. The summed E-state index contributed by atoms with van der Waals surface area (Å²) in [4.78, 5) is 10.3. The molecular weight excluding hydrogens is 168 g/mol. The summed E-state index contributed by atoms with van der Waals surface area (Å²) < 4.78 is 4.50. The molecule has 1 heterocycles. The van der Waals surface area contributed by atoms with Crippen molar-refractivity contribution in [3.63, 3.8) is 0 Å². The summed E-state index contributed by atoms with van der Waals surface area (Å²) in [5.74, 6) is -0.838. The predicted molar refractivity (Wildman–Crippen MR) is 51.7 cm³/mol. The van der Waals surface area contributed by atoms with E-state index in [1.54, 1.807) is 13.0 Å². The molecule has 13 heavy (non-hydrogen) atoms. The van der Waals surface area contributed by atoms with Gasteiger partial charge in [-0.2, -0.15) is 0 Å². The Labute approximate surface area is 79.4 Å². The highest BCUT2D eigenvalue weighted by atomic mass is 16.6.